The number of nitrogens with one attached hydrogen (secondary N) is 1. The number of nitrogens with zero attached hydrogens (tertiary/aromatic N) is 1. The Morgan fingerprint density at radius 3 is 2.83 bits per heavy atom. The van der Waals surface area contributed by atoms with E-state index in [1.165, 1.54) is 25.9 Å². The number of likely N-dealkylation sites (N-methyl/N-ethyl adjacent to an activating group) is 1. The fourth-order valence-electron chi connectivity index (χ4n) is 1.99. The van der Waals surface area contributed by atoms with Gasteiger partial charge in [0.25, 0.3) is 0 Å². The SMILES string of the molecule is CNCCN1CCCC(C)C1C. The third-order valence-electron chi connectivity index (χ3n) is 3.15. The van der Waals surface area contributed by atoms with Crippen molar-refractivity contribution in [3.05, 3.63) is 0 Å². The summed E-state index contributed by atoms with van der Waals surface area (Å²) in [5.74, 6) is 0.885. The van der Waals surface area contributed by atoms with Crippen molar-refractivity contribution in [3.8, 4) is 0 Å². The van der Waals surface area contributed by atoms with E-state index in [0.29, 0.717) is 0 Å². The smallest absolute Gasteiger partial charge is 0.0110 e. The molecule has 2 heteroatoms. The highest BCUT2D eigenvalue weighted by Gasteiger charge is 2.23. The second-order valence-corrected chi connectivity index (χ2v) is 4.00. The molecular formula is C10H22N2. The molecule has 1 fully saturated rings. The molecule has 1 heterocycles. The summed E-state index contributed by atoms with van der Waals surface area (Å²) < 4.78 is 0. The molecule has 0 aromatic rings. The summed E-state index contributed by atoms with van der Waals surface area (Å²) >= 11 is 0. The molecule has 0 aromatic carbocycles. The first kappa shape index (κ1) is 10.0. The molecule has 2 atom stereocenters. The van der Waals surface area contributed by atoms with Gasteiger partial charge in [0.15, 0.2) is 0 Å². The van der Waals surface area contributed by atoms with Crippen LogP contribution in [0.3, 0.4) is 0 Å². The highest BCUT2D eigenvalue weighted by Crippen LogP contribution is 2.21. The third kappa shape index (κ3) is 2.46. The van der Waals surface area contributed by atoms with E-state index < -0.39 is 0 Å². The minimum absolute atomic E-state index is 0.784. The largest absolute Gasteiger partial charge is 0.318 e. The average molecular weight is 170 g/mol. The van der Waals surface area contributed by atoms with Crippen LogP contribution in [-0.4, -0.2) is 37.6 Å². The van der Waals surface area contributed by atoms with Crippen LogP contribution in [-0.2, 0) is 0 Å². The predicted molar refractivity (Wildman–Crippen MR) is 53.4 cm³/mol. The highest BCUT2D eigenvalue weighted by molar-refractivity contribution is 4.78. The Labute approximate surface area is 76.3 Å². The Morgan fingerprint density at radius 1 is 1.42 bits per heavy atom. The molecule has 2 nitrogen and oxygen atoms in total. The second-order valence-electron chi connectivity index (χ2n) is 4.00. The normalized spacial score (nSPS) is 32.2. The number of likely N-dealkylation sites (tertiary alicyclic amines) is 1. The van der Waals surface area contributed by atoms with Crippen molar-refractivity contribution in [2.45, 2.75) is 32.7 Å². The van der Waals surface area contributed by atoms with E-state index in [-0.39, 0.29) is 0 Å². The van der Waals surface area contributed by atoms with E-state index in [0.717, 1.165) is 18.5 Å². The summed E-state index contributed by atoms with van der Waals surface area (Å²) in [6.07, 6.45) is 2.80. The molecule has 0 bridgehead atoms. The lowest BCUT2D eigenvalue weighted by Crippen LogP contribution is -2.44. The van der Waals surface area contributed by atoms with Crippen molar-refractivity contribution in [3.63, 3.8) is 0 Å². The third-order valence-corrected chi connectivity index (χ3v) is 3.15. The van der Waals surface area contributed by atoms with Crippen molar-refractivity contribution < 1.29 is 0 Å². The van der Waals surface area contributed by atoms with E-state index in [2.05, 4.69) is 24.1 Å². The molecular weight excluding hydrogens is 148 g/mol. The predicted octanol–water partition coefficient (Wildman–Crippen LogP) is 1.33. The first-order chi connectivity index (χ1) is 5.75. The van der Waals surface area contributed by atoms with E-state index in [1.807, 2.05) is 7.05 Å². The highest BCUT2D eigenvalue weighted by atomic mass is 15.2. The molecule has 0 radical (unpaired) electrons. The van der Waals surface area contributed by atoms with Gasteiger partial charge >= 0.3 is 0 Å². The van der Waals surface area contributed by atoms with Gasteiger partial charge in [0.2, 0.25) is 0 Å². The van der Waals surface area contributed by atoms with Gasteiger partial charge in [-0.15, -0.1) is 0 Å². The molecule has 1 rings (SSSR count). The van der Waals surface area contributed by atoms with Crippen LogP contribution < -0.4 is 5.32 Å². The second kappa shape index (κ2) is 4.83. The standard InChI is InChI=1S/C10H22N2/c1-9-5-4-7-12(10(9)2)8-6-11-3/h9-11H,4-8H2,1-3H3. The lowest BCUT2D eigenvalue weighted by molar-refractivity contribution is 0.115. The molecule has 0 spiro atoms. The monoisotopic (exact) mass is 170 g/mol. The first-order valence-electron chi connectivity index (χ1n) is 5.14. The zero-order chi connectivity index (χ0) is 8.97. The molecule has 12 heavy (non-hydrogen) atoms. The quantitative estimate of drug-likeness (QED) is 0.687. The van der Waals surface area contributed by atoms with Gasteiger partial charge in [0.1, 0.15) is 0 Å². The number of piperidine rings is 1. The Bertz CT molecular complexity index is 125. The summed E-state index contributed by atoms with van der Waals surface area (Å²) in [6, 6.07) is 0.784. The van der Waals surface area contributed by atoms with Crippen LogP contribution in [0.25, 0.3) is 0 Å². The van der Waals surface area contributed by atoms with E-state index in [4.69, 9.17) is 0 Å². The minimum Gasteiger partial charge on any atom is -0.318 e. The molecule has 0 aliphatic carbocycles. The van der Waals surface area contributed by atoms with E-state index in [9.17, 15) is 0 Å². The summed E-state index contributed by atoms with van der Waals surface area (Å²) in [7, 11) is 2.03. The fourth-order valence-corrected chi connectivity index (χ4v) is 1.99. The van der Waals surface area contributed by atoms with Crippen LogP contribution in [0, 0.1) is 5.92 Å². The molecule has 0 aromatic heterocycles. The Kier molecular flexibility index (Phi) is 4.02. The van der Waals surface area contributed by atoms with Crippen LogP contribution in [0.4, 0.5) is 0 Å². The molecule has 0 amide bonds. The zero-order valence-corrected chi connectivity index (χ0v) is 8.64. The van der Waals surface area contributed by atoms with E-state index in [1.54, 1.807) is 0 Å². The maximum absolute atomic E-state index is 3.21. The van der Waals surface area contributed by atoms with Gasteiger partial charge in [-0.05, 0) is 39.3 Å². The van der Waals surface area contributed by atoms with E-state index >= 15 is 0 Å². The van der Waals surface area contributed by atoms with Crippen LogP contribution in [0.1, 0.15) is 26.7 Å². The Hall–Kier alpha value is -0.0800. The summed E-state index contributed by atoms with van der Waals surface area (Å²) in [4.78, 5) is 2.60. The molecule has 1 aliphatic heterocycles. The lowest BCUT2D eigenvalue weighted by atomic mass is 9.92. The van der Waals surface area contributed by atoms with Crippen molar-refractivity contribution in [2.24, 2.45) is 5.92 Å². The first-order valence-corrected chi connectivity index (χ1v) is 5.14. The topological polar surface area (TPSA) is 15.3 Å². The molecule has 2 unspecified atom stereocenters. The Morgan fingerprint density at radius 2 is 2.17 bits per heavy atom. The fraction of sp³-hybridized carbons (Fsp3) is 1.00. The summed E-state index contributed by atoms with van der Waals surface area (Å²) in [5.41, 5.74) is 0. The van der Waals surface area contributed by atoms with Crippen LogP contribution >= 0.6 is 0 Å². The number of rotatable bonds is 3. The van der Waals surface area contributed by atoms with Crippen LogP contribution in [0.5, 0.6) is 0 Å². The van der Waals surface area contributed by atoms with Crippen molar-refractivity contribution in [1.29, 1.82) is 0 Å². The minimum atomic E-state index is 0.784. The molecule has 1 saturated heterocycles. The van der Waals surface area contributed by atoms with Crippen molar-refractivity contribution >= 4 is 0 Å². The van der Waals surface area contributed by atoms with Gasteiger partial charge in [-0.2, -0.15) is 0 Å². The maximum atomic E-state index is 3.21. The van der Waals surface area contributed by atoms with Crippen molar-refractivity contribution in [2.75, 3.05) is 26.7 Å². The molecule has 0 saturated carbocycles. The van der Waals surface area contributed by atoms with Gasteiger partial charge < -0.3 is 5.32 Å². The van der Waals surface area contributed by atoms with Crippen molar-refractivity contribution in [1.82, 2.24) is 10.2 Å². The molecule has 72 valence electrons. The maximum Gasteiger partial charge on any atom is 0.0110 e. The summed E-state index contributed by atoms with van der Waals surface area (Å²) in [6.45, 7) is 8.36. The van der Waals surface area contributed by atoms with Gasteiger partial charge in [0.05, 0.1) is 0 Å². The molecule has 1 N–H and O–H groups in total. The zero-order valence-electron chi connectivity index (χ0n) is 8.64. The number of hydrogen-bond donors (Lipinski definition) is 1. The summed E-state index contributed by atoms with van der Waals surface area (Å²) in [5, 5.41) is 3.21. The van der Waals surface area contributed by atoms with Gasteiger partial charge in [0, 0.05) is 19.1 Å². The average Bonchev–Trinajstić information content (AvgIpc) is 2.08. The van der Waals surface area contributed by atoms with Gasteiger partial charge in [-0.3, -0.25) is 4.90 Å². The Balaban J connectivity index is 2.30. The van der Waals surface area contributed by atoms with Gasteiger partial charge in [-0.25, -0.2) is 0 Å². The van der Waals surface area contributed by atoms with Crippen LogP contribution in [0.2, 0.25) is 0 Å². The number of hydrogen-bond acceptors (Lipinski definition) is 2. The van der Waals surface area contributed by atoms with Crippen LogP contribution in [0.15, 0.2) is 0 Å². The lowest BCUT2D eigenvalue weighted by Gasteiger charge is -2.37. The van der Waals surface area contributed by atoms with Gasteiger partial charge in [-0.1, -0.05) is 6.92 Å². The molecule has 1 aliphatic rings.